The fraction of sp³-hybridized carbons (Fsp3) is 0.250. The Morgan fingerprint density at radius 2 is 2.56 bits per heavy atom. The summed E-state index contributed by atoms with van der Waals surface area (Å²) in [6.45, 7) is 4.34. The van der Waals surface area contributed by atoms with E-state index in [4.69, 9.17) is 0 Å². The molecule has 0 saturated carbocycles. The van der Waals surface area contributed by atoms with Crippen molar-refractivity contribution in [3.05, 3.63) is 12.0 Å². The molecular formula is C4H6NO3S-. The predicted octanol–water partition coefficient (Wildman–Crippen LogP) is -0.496. The molecule has 0 aromatic carbocycles. The van der Waals surface area contributed by atoms with Gasteiger partial charge in [-0.2, -0.15) is 0 Å². The molecule has 5 heteroatoms. The van der Waals surface area contributed by atoms with Gasteiger partial charge in [0.15, 0.2) is 0 Å². The van der Waals surface area contributed by atoms with E-state index in [2.05, 4.69) is 16.0 Å². The van der Waals surface area contributed by atoms with Crippen LogP contribution in [0.1, 0.15) is 6.92 Å². The quantitative estimate of drug-likeness (QED) is 0.308. The monoisotopic (exact) mass is 148 g/mol. The molecule has 0 N–H and O–H groups in total. The predicted molar refractivity (Wildman–Crippen MR) is 32.5 cm³/mol. The molecule has 0 aliphatic rings. The summed E-state index contributed by atoms with van der Waals surface area (Å²) in [5.41, 5.74) is 0. The van der Waals surface area contributed by atoms with Crippen molar-refractivity contribution in [3.8, 4) is 0 Å². The third-order valence-electron chi connectivity index (χ3n) is 0.375. The molecule has 0 fully saturated rings. The third kappa shape index (κ3) is 5.02. The molecule has 4 nitrogen and oxygen atoms in total. The van der Waals surface area contributed by atoms with Gasteiger partial charge in [0.2, 0.25) is 0 Å². The highest BCUT2D eigenvalue weighted by molar-refractivity contribution is 7.83. The van der Waals surface area contributed by atoms with E-state index in [1.165, 1.54) is 6.92 Å². The summed E-state index contributed by atoms with van der Waals surface area (Å²) in [6.07, 6.45) is 0. The Labute approximate surface area is 55.5 Å². The molecule has 0 aromatic rings. The zero-order valence-electron chi connectivity index (χ0n) is 4.86. The number of oxime groups is 1. The van der Waals surface area contributed by atoms with Crippen molar-refractivity contribution >= 4 is 17.0 Å². The van der Waals surface area contributed by atoms with Crippen molar-refractivity contribution in [1.82, 2.24) is 0 Å². The molecule has 0 heterocycles. The molecular weight excluding hydrogens is 142 g/mol. The first-order valence-corrected chi connectivity index (χ1v) is 3.23. The van der Waals surface area contributed by atoms with E-state index >= 15 is 0 Å². The highest BCUT2D eigenvalue weighted by Gasteiger charge is 1.85. The fourth-order valence-electron chi connectivity index (χ4n) is 0.120. The first-order valence-electron chi connectivity index (χ1n) is 2.09. The molecule has 0 spiro atoms. The zero-order chi connectivity index (χ0) is 7.28. The molecule has 0 aromatic heterocycles. The lowest BCUT2D eigenvalue weighted by Crippen LogP contribution is -2.12. The lowest BCUT2D eigenvalue weighted by molar-refractivity contribution is -0.218. The summed E-state index contributed by atoms with van der Waals surface area (Å²) in [5, 5.41) is 13.9. The van der Waals surface area contributed by atoms with E-state index in [0.29, 0.717) is 0 Å². The molecule has 0 aliphatic heterocycles. The standard InChI is InChI=1S/C4H7NO3S/c1-3-9(7)8-5-4(2)6/h3H,1H2,2H3,(H,5,6)/p-1. The lowest BCUT2D eigenvalue weighted by atomic mass is 10.8. The average Bonchev–Trinajstić information content (AvgIpc) is 1.83. The number of nitrogens with zero attached hydrogens (tertiary/aromatic N) is 1. The van der Waals surface area contributed by atoms with Crippen molar-refractivity contribution in [2.45, 2.75) is 6.92 Å². The maximum absolute atomic E-state index is 10.2. The van der Waals surface area contributed by atoms with Gasteiger partial charge in [0.05, 0.1) is 0 Å². The number of hydrogen-bond donors (Lipinski definition) is 0. The van der Waals surface area contributed by atoms with Crippen LogP contribution in [0.4, 0.5) is 0 Å². The van der Waals surface area contributed by atoms with Crippen LogP contribution in [0, 0.1) is 0 Å². The second-order valence-electron chi connectivity index (χ2n) is 1.11. The molecule has 52 valence electrons. The number of hydrogen-bond acceptors (Lipinski definition) is 4. The first-order chi connectivity index (χ1) is 4.16. The maximum atomic E-state index is 10.2. The van der Waals surface area contributed by atoms with Gasteiger partial charge in [-0.3, -0.25) is 4.28 Å². The summed E-state index contributed by atoms with van der Waals surface area (Å²) in [4.78, 5) is 0. The van der Waals surface area contributed by atoms with Crippen LogP contribution in [0.25, 0.3) is 0 Å². The second kappa shape index (κ2) is 4.08. The van der Waals surface area contributed by atoms with Crippen LogP contribution in [-0.4, -0.2) is 10.1 Å². The minimum absolute atomic E-state index is 0.523. The minimum atomic E-state index is -1.67. The van der Waals surface area contributed by atoms with Gasteiger partial charge >= 0.3 is 0 Å². The molecule has 9 heavy (non-hydrogen) atoms. The van der Waals surface area contributed by atoms with Gasteiger partial charge in [0.25, 0.3) is 11.1 Å². The Hall–Kier alpha value is -0.840. The molecule has 0 aliphatic carbocycles. The Kier molecular flexibility index (Phi) is 3.70. The highest BCUT2D eigenvalue weighted by Crippen LogP contribution is 1.85. The van der Waals surface area contributed by atoms with Crippen LogP contribution < -0.4 is 5.11 Å². The van der Waals surface area contributed by atoms with Crippen molar-refractivity contribution in [1.29, 1.82) is 0 Å². The van der Waals surface area contributed by atoms with Gasteiger partial charge < -0.3 is 5.11 Å². The van der Waals surface area contributed by atoms with E-state index < -0.39 is 17.0 Å². The fourth-order valence-corrected chi connectivity index (χ4v) is 0.359. The normalized spacial score (nSPS) is 14.6. The summed E-state index contributed by atoms with van der Waals surface area (Å²) >= 11 is -1.67. The van der Waals surface area contributed by atoms with Gasteiger partial charge in [-0.25, -0.2) is 4.21 Å². The summed E-state index contributed by atoms with van der Waals surface area (Å²) < 4.78 is 14.3. The van der Waals surface area contributed by atoms with Crippen LogP contribution in [-0.2, 0) is 15.4 Å². The van der Waals surface area contributed by atoms with E-state index in [1.807, 2.05) is 0 Å². The van der Waals surface area contributed by atoms with Crippen molar-refractivity contribution in [2.75, 3.05) is 0 Å². The smallest absolute Gasteiger partial charge is 0.257 e. The minimum Gasteiger partial charge on any atom is -0.860 e. The van der Waals surface area contributed by atoms with E-state index in [9.17, 15) is 9.32 Å². The summed E-state index contributed by atoms with van der Waals surface area (Å²) in [5.74, 6) is -0.523. The van der Waals surface area contributed by atoms with Crippen molar-refractivity contribution in [2.24, 2.45) is 5.16 Å². The van der Waals surface area contributed by atoms with Crippen molar-refractivity contribution in [3.63, 3.8) is 0 Å². The SMILES string of the molecule is C=CS(=O)O/N=C(\C)[O-]. The molecule has 0 amide bonds. The summed E-state index contributed by atoms with van der Waals surface area (Å²) in [6, 6.07) is 0. The highest BCUT2D eigenvalue weighted by atomic mass is 32.2. The van der Waals surface area contributed by atoms with Crippen LogP contribution in [0.3, 0.4) is 0 Å². The van der Waals surface area contributed by atoms with Crippen LogP contribution in [0.2, 0.25) is 0 Å². The van der Waals surface area contributed by atoms with Gasteiger partial charge in [-0.1, -0.05) is 11.7 Å². The van der Waals surface area contributed by atoms with Crippen LogP contribution >= 0.6 is 0 Å². The molecule has 1 unspecified atom stereocenters. The Bertz CT molecular complexity index is 150. The lowest BCUT2D eigenvalue weighted by Gasteiger charge is -1.98. The van der Waals surface area contributed by atoms with E-state index in [0.717, 1.165) is 5.41 Å². The maximum Gasteiger partial charge on any atom is 0.257 e. The Morgan fingerprint density at radius 3 is 2.89 bits per heavy atom. The van der Waals surface area contributed by atoms with Gasteiger partial charge in [0.1, 0.15) is 0 Å². The number of rotatable bonds is 3. The molecule has 0 saturated heterocycles. The van der Waals surface area contributed by atoms with E-state index in [-0.39, 0.29) is 0 Å². The average molecular weight is 148 g/mol. The molecule has 0 bridgehead atoms. The zero-order valence-corrected chi connectivity index (χ0v) is 5.68. The van der Waals surface area contributed by atoms with E-state index in [1.54, 1.807) is 0 Å². The van der Waals surface area contributed by atoms with Gasteiger partial charge in [-0.15, -0.1) is 0 Å². The molecule has 0 radical (unpaired) electrons. The van der Waals surface area contributed by atoms with Crippen LogP contribution in [0.15, 0.2) is 17.1 Å². The second-order valence-corrected chi connectivity index (χ2v) is 2.12. The largest absolute Gasteiger partial charge is 0.860 e. The first kappa shape index (κ1) is 8.16. The summed E-state index contributed by atoms with van der Waals surface area (Å²) in [7, 11) is 0. The molecule has 1 atom stereocenters. The van der Waals surface area contributed by atoms with Gasteiger partial charge in [-0.05, 0) is 6.92 Å². The van der Waals surface area contributed by atoms with Gasteiger partial charge in [0, 0.05) is 11.3 Å². The Morgan fingerprint density at radius 1 is 2.00 bits per heavy atom. The molecule has 0 rings (SSSR count). The topological polar surface area (TPSA) is 61.7 Å². The Balaban J connectivity index is 3.63. The van der Waals surface area contributed by atoms with Crippen LogP contribution in [0.5, 0.6) is 0 Å². The van der Waals surface area contributed by atoms with Crippen molar-refractivity contribution < 1.29 is 13.6 Å². The third-order valence-corrected chi connectivity index (χ3v) is 0.869.